The third kappa shape index (κ3) is 11.9. The number of aromatic amines is 1. The lowest BCUT2D eigenvalue weighted by Gasteiger charge is -2.36. The first kappa shape index (κ1) is 52.1. The number of thiazole rings is 1. The van der Waals surface area contributed by atoms with Gasteiger partial charge in [-0.2, -0.15) is 0 Å². The van der Waals surface area contributed by atoms with Gasteiger partial charge in [0.1, 0.15) is 17.5 Å². The molecule has 3 fully saturated rings. The summed E-state index contributed by atoms with van der Waals surface area (Å²) in [7, 11) is 0. The molecule has 10 rings (SSSR count). The number of aliphatic hydroxyl groups is 1. The van der Waals surface area contributed by atoms with Crippen LogP contribution in [0.15, 0.2) is 77.0 Å². The van der Waals surface area contributed by atoms with Crippen molar-refractivity contribution >= 4 is 53.0 Å². The number of aliphatic hydroxyl groups excluding tert-OH is 1. The van der Waals surface area contributed by atoms with Crippen molar-refractivity contribution in [1.29, 1.82) is 0 Å². The standard InChI is InChI=1S/C44H60N10O4.C12H12N2OS/c1-27(2)40(43(57)53-20-13-32(55)26-53)38-23-39(50-58-38)52-18-9-29(10-19-52)8-15-51-16-11-30(12-17-51)31-24-47-44(48-25-31)54-21-14-36-41(28(54)3)34(42(46)49-36)22-35(45)33-6-4-5-7-37(33)56;1-9-12(16-8-14-9)11-4-2-10(3-5-11)6-13-7-15/h4-7,22-25,27-30,32,40,49,55-56H,8-21,26,45-46H2,1-3H3;2-5,7-8H,6H2,1H3,(H,13,15)/b35-22-;. The molecule has 18 heteroatoms. The Morgan fingerprint density at radius 2 is 1.73 bits per heavy atom. The monoisotopic (exact) mass is 1020 g/mol. The minimum absolute atomic E-state index is 0.0200. The van der Waals surface area contributed by atoms with E-state index >= 15 is 0 Å². The highest BCUT2D eigenvalue weighted by Gasteiger charge is 2.36. The van der Waals surface area contributed by atoms with Crippen molar-refractivity contribution < 1.29 is 24.3 Å². The van der Waals surface area contributed by atoms with Gasteiger partial charge in [-0.3, -0.25) is 9.59 Å². The third-order valence-corrected chi connectivity index (χ3v) is 16.5. The molecule has 2 aromatic carbocycles. The van der Waals surface area contributed by atoms with Crippen LogP contribution in [0.25, 0.3) is 22.2 Å². The number of nitrogen functional groups attached to an aromatic ring is 1. The van der Waals surface area contributed by atoms with Crippen LogP contribution in [0.1, 0.15) is 122 Å². The van der Waals surface area contributed by atoms with E-state index in [0.717, 1.165) is 105 Å². The van der Waals surface area contributed by atoms with Crippen molar-refractivity contribution in [2.24, 2.45) is 17.6 Å². The van der Waals surface area contributed by atoms with Gasteiger partial charge in [-0.15, -0.1) is 11.3 Å². The maximum atomic E-state index is 13.3. The van der Waals surface area contributed by atoms with Crippen molar-refractivity contribution in [3.8, 4) is 16.2 Å². The number of hydrogen-bond donors (Lipinski definition) is 6. The lowest BCUT2D eigenvalue weighted by molar-refractivity contribution is -0.133. The van der Waals surface area contributed by atoms with E-state index < -0.39 is 6.10 Å². The highest BCUT2D eigenvalue weighted by Crippen LogP contribution is 2.40. The first-order valence-corrected chi connectivity index (χ1v) is 27.1. The highest BCUT2D eigenvalue weighted by atomic mass is 32.1. The number of fused-ring (bicyclic) bond motifs is 1. The number of hydrogen-bond acceptors (Lipinski definition) is 15. The summed E-state index contributed by atoms with van der Waals surface area (Å²) in [5.74, 6) is 3.71. The number of phenols is 1. The molecule has 3 saturated heterocycles. The van der Waals surface area contributed by atoms with Crippen LogP contribution >= 0.6 is 11.3 Å². The summed E-state index contributed by atoms with van der Waals surface area (Å²) in [6.45, 7) is 15.7. The Balaban J connectivity index is 0.000000357. The molecule has 74 heavy (non-hydrogen) atoms. The van der Waals surface area contributed by atoms with E-state index in [1.807, 2.05) is 69.0 Å². The number of aromatic hydroxyl groups is 1. The third-order valence-electron chi connectivity index (χ3n) is 15.5. The number of phenolic OH excluding ortho intramolecular Hbond substituents is 1. The van der Waals surface area contributed by atoms with Gasteiger partial charge in [-0.1, -0.05) is 55.4 Å². The molecule has 4 aromatic heterocycles. The topological polar surface area (TPSA) is 232 Å². The number of nitrogens with zero attached hydrogens (tertiary/aromatic N) is 8. The lowest BCUT2D eigenvalue weighted by Crippen LogP contribution is -2.37. The highest BCUT2D eigenvalue weighted by molar-refractivity contribution is 7.13. The van der Waals surface area contributed by atoms with Crippen LogP contribution in [-0.4, -0.2) is 116 Å². The van der Waals surface area contributed by atoms with Crippen LogP contribution in [0.4, 0.5) is 17.6 Å². The van der Waals surface area contributed by atoms with E-state index in [1.165, 1.54) is 22.4 Å². The van der Waals surface area contributed by atoms with Gasteiger partial charge in [0.05, 0.1) is 28.2 Å². The smallest absolute Gasteiger partial charge is 0.233 e. The van der Waals surface area contributed by atoms with Crippen LogP contribution in [-0.2, 0) is 22.6 Å². The fourth-order valence-corrected chi connectivity index (χ4v) is 12.0. The summed E-state index contributed by atoms with van der Waals surface area (Å²) >= 11 is 1.64. The molecule has 0 spiro atoms. The number of rotatable bonds is 15. The van der Waals surface area contributed by atoms with Crippen molar-refractivity contribution in [2.45, 2.75) is 103 Å². The summed E-state index contributed by atoms with van der Waals surface area (Å²) in [6.07, 6.45) is 13.3. The Hall–Kier alpha value is -6.76. The molecule has 4 aliphatic heterocycles. The van der Waals surface area contributed by atoms with Gasteiger partial charge in [0, 0.05) is 92.2 Å². The van der Waals surface area contributed by atoms with Gasteiger partial charge in [0.15, 0.2) is 11.6 Å². The first-order valence-electron chi connectivity index (χ1n) is 26.3. The Labute approximate surface area is 438 Å². The second-order valence-corrected chi connectivity index (χ2v) is 21.6. The molecule has 392 valence electrons. The zero-order valence-electron chi connectivity index (χ0n) is 43.1. The second-order valence-electron chi connectivity index (χ2n) is 20.7. The number of H-pyrrole nitrogens is 1. The minimum atomic E-state index is -0.439. The summed E-state index contributed by atoms with van der Waals surface area (Å²) < 4.78 is 5.79. The molecule has 0 aliphatic carbocycles. The van der Waals surface area contributed by atoms with Gasteiger partial charge < -0.3 is 56.1 Å². The van der Waals surface area contributed by atoms with Crippen LogP contribution in [0.5, 0.6) is 5.75 Å². The van der Waals surface area contributed by atoms with Gasteiger partial charge >= 0.3 is 0 Å². The number of carbonyl (C=O) groups excluding carboxylic acids is 2. The predicted molar refractivity (Wildman–Crippen MR) is 291 cm³/mol. The Bertz CT molecular complexity index is 2850. The molecule has 4 aliphatic rings. The second kappa shape index (κ2) is 23.6. The molecular formula is C56H72N12O5S. The maximum Gasteiger partial charge on any atom is 0.233 e. The number of aryl methyl sites for hydroxylation is 1. The number of likely N-dealkylation sites (tertiary alicyclic amines) is 2. The van der Waals surface area contributed by atoms with E-state index in [4.69, 9.17) is 26.0 Å². The molecule has 0 radical (unpaired) electrons. The minimum Gasteiger partial charge on any atom is -0.507 e. The number of aromatic nitrogens is 5. The van der Waals surface area contributed by atoms with Crippen molar-refractivity contribution in [2.75, 3.05) is 67.9 Å². The SMILES string of the molecule is CC(C)C(C(=O)N1CCC(O)C1)c1cc(N2CCC(CCN3CCC(c4cnc(N5CCc6[nH]c(N)c(/C=C(\N)c7ccccc7O)c6C5C)nc4)CC3)CC2)no1.Cc1ncsc1-c1ccc(CNC=O)cc1. The number of nitrogens with two attached hydrogens (primary N) is 2. The molecule has 3 unspecified atom stereocenters. The van der Waals surface area contributed by atoms with Crippen LogP contribution < -0.4 is 26.6 Å². The van der Waals surface area contributed by atoms with Gasteiger partial charge in [-0.05, 0) is 125 Å². The summed E-state index contributed by atoms with van der Waals surface area (Å²) in [6, 6.07) is 17.2. The molecule has 8 heterocycles. The molecule has 17 nitrogen and oxygen atoms in total. The fourth-order valence-electron chi connectivity index (χ4n) is 11.2. The van der Waals surface area contributed by atoms with Gasteiger partial charge in [0.2, 0.25) is 18.3 Å². The largest absolute Gasteiger partial charge is 0.507 e. The number of β-amino-alcohol motifs (C(OH)–C–C–N with tert-alkyl or cyclic N) is 1. The van der Waals surface area contributed by atoms with E-state index in [2.05, 4.69) is 54.2 Å². The maximum absolute atomic E-state index is 13.3. The lowest BCUT2D eigenvalue weighted by atomic mass is 9.90. The number of nitrogens with one attached hydrogen (secondary N) is 2. The summed E-state index contributed by atoms with van der Waals surface area (Å²) in [4.78, 5) is 51.0. The zero-order valence-corrected chi connectivity index (χ0v) is 43.9. The molecular weight excluding hydrogens is 953 g/mol. The number of benzene rings is 2. The van der Waals surface area contributed by atoms with Crippen LogP contribution in [0.2, 0.25) is 0 Å². The van der Waals surface area contributed by atoms with Gasteiger partial charge in [-0.25, -0.2) is 15.0 Å². The molecule has 6 aromatic rings. The Kier molecular flexibility index (Phi) is 16.6. The Morgan fingerprint density at radius 1 is 0.986 bits per heavy atom. The predicted octanol–water partition coefficient (Wildman–Crippen LogP) is 7.84. The van der Waals surface area contributed by atoms with E-state index in [-0.39, 0.29) is 29.5 Å². The average Bonchev–Trinajstić information content (AvgIpc) is 4.24. The van der Waals surface area contributed by atoms with Crippen molar-refractivity contribution in [3.05, 3.63) is 117 Å². The Morgan fingerprint density at radius 3 is 2.39 bits per heavy atom. The summed E-state index contributed by atoms with van der Waals surface area (Å²) in [5.41, 5.74) is 23.4. The van der Waals surface area contributed by atoms with Crippen molar-refractivity contribution in [1.82, 2.24) is 40.2 Å². The quantitative estimate of drug-likeness (QED) is 0.0538. The number of para-hydroxylation sites is 1. The molecule has 2 amide bonds. The average molecular weight is 1030 g/mol. The molecule has 3 atom stereocenters. The van der Waals surface area contributed by atoms with Crippen LogP contribution in [0.3, 0.4) is 0 Å². The zero-order chi connectivity index (χ0) is 51.9. The number of piperidine rings is 2. The number of carbonyl (C=O) groups is 2. The molecule has 0 bridgehead atoms. The number of amides is 2. The summed E-state index contributed by atoms with van der Waals surface area (Å²) in [5, 5.41) is 27.4. The molecule has 0 saturated carbocycles. The molecule has 8 N–H and O–H groups in total. The normalized spacial score (nSPS) is 19.3. The van der Waals surface area contributed by atoms with Crippen LogP contribution in [0, 0.1) is 18.8 Å². The number of anilines is 3. The van der Waals surface area contributed by atoms with E-state index in [1.54, 1.807) is 34.4 Å². The van der Waals surface area contributed by atoms with Gasteiger partial charge in [0.25, 0.3) is 0 Å². The fraction of sp³-hybridized carbons (Fsp3) is 0.464. The van der Waals surface area contributed by atoms with E-state index in [0.29, 0.717) is 73.1 Å². The van der Waals surface area contributed by atoms with Crippen molar-refractivity contribution in [3.63, 3.8) is 0 Å². The van der Waals surface area contributed by atoms with E-state index in [9.17, 15) is 19.8 Å². The first-order chi connectivity index (χ1) is 35.8.